The molecule has 1 aliphatic rings. The van der Waals surface area contributed by atoms with Gasteiger partial charge in [-0.1, -0.05) is 0 Å². The molecule has 1 aromatic heterocycles. The minimum Gasteiger partial charge on any atom is -0.376 e. The molecular formula is C9H15N3O. The van der Waals surface area contributed by atoms with E-state index in [1.165, 1.54) is 0 Å². The summed E-state index contributed by atoms with van der Waals surface area (Å²) in [7, 11) is 0. The summed E-state index contributed by atoms with van der Waals surface area (Å²) in [6, 6.07) is 0.362. The maximum absolute atomic E-state index is 5.78. The molecule has 0 saturated carbocycles. The lowest BCUT2D eigenvalue weighted by Gasteiger charge is -2.16. The number of imidazole rings is 1. The maximum Gasteiger partial charge on any atom is 0.200 e. The van der Waals surface area contributed by atoms with Crippen molar-refractivity contribution >= 4 is 5.95 Å². The number of nitrogen functional groups attached to an aromatic ring is 1. The molecule has 0 aliphatic carbocycles. The number of hydrogen-bond donors (Lipinski definition) is 1. The lowest BCUT2D eigenvalue weighted by molar-refractivity contribution is 0.108. The van der Waals surface area contributed by atoms with Crippen LogP contribution in [0.1, 0.15) is 25.1 Å². The summed E-state index contributed by atoms with van der Waals surface area (Å²) in [4.78, 5) is 4.18. The average Bonchev–Trinajstić information content (AvgIpc) is 2.58. The Balaban J connectivity index is 2.28. The molecule has 1 saturated heterocycles. The van der Waals surface area contributed by atoms with Crippen LogP contribution in [-0.4, -0.2) is 22.3 Å². The lowest BCUT2D eigenvalue weighted by atomic mass is 10.1. The third kappa shape index (κ3) is 1.42. The van der Waals surface area contributed by atoms with Crippen molar-refractivity contribution in [1.82, 2.24) is 9.55 Å². The first kappa shape index (κ1) is 8.56. The van der Waals surface area contributed by atoms with Gasteiger partial charge >= 0.3 is 0 Å². The Bertz CT molecular complexity index is 308. The zero-order valence-electron chi connectivity index (χ0n) is 8.03. The van der Waals surface area contributed by atoms with Crippen molar-refractivity contribution < 1.29 is 4.74 Å². The topological polar surface area (TPSA) is 53.1 Å². The van der Waals surface area contributed by atoms with Crippen molar-refractivity contribution in [1.29, 1.82) is 0 Å². The van der Waals surface area contributed by atoms with E-state index in [0.717, 1.165) is 18.7 Å². The molecule has 2 N–H and O–H groups in total. The van der Waals surface area contributed by atoms with E-state index in [4.69, 9.17) is 10.5 Å². The molecule has 0 bridgehead atoms. The molecule has 1 aliphatic heterocycles. The van der Waals surface area contributed by atoms with Crippen molar-refractivity contribution in [2.24, 2.45) is 0 Å². The Morgan fingerprint density at radius 2 is 2.46 bits per heavy atom. The van der Waals surface area contributed by atoms with Gasteiger partial charge in [0.1, 0.15) is 0 Å². The highest BCUT2D eigenvalue weighted by Gasteiger charge is 2.27. The monoisotopic (exact) mass is 181 g/mol. The number of anilines is 1. The fourth-order valence-electron chi connectivity index (χ4n) is 1.89. The molecule has 0 aromatic carbocycles. The Hall–Kier alpha value is -1.03. The number of ether oxygens (including phenoxy) is 1. The van der Waals surface area contributed by atoms with Gasteiger partial charge in [0.2, 0.25) is 5.95 Å². The molecule has 2 rings (SSSR count). The quantitative estimate of drug-likeness (QED) is 0.706. The number of aromatic nitrogens is 2. The first-order chi connectivity index (χ1) is 6.18. The number of aryl methyl sites for hydroxylation is 1. The second-order valence-corrected chi connectivity index (χ2v) is 3.58. The normalized spacial score (nSPS) is 28.2. The molecule has 1 fully saturated rings. The Labute approximate surface area is 77.7 Å². The fourth-order valence-corrected chi connectivity index (χ4v) is 1.89. The van der Waals surface area contributed by atoms with Crippen molar-refractivity contribution in [3.05, 3.63) is 11.9 Å². The van der Waals surface area contributed by atoms with E-state index in [-0.39, 0.29) is 6.10 Å². The Morgan fingerprint density at radius 3 is 2.92 bits per heavy atom. The summed E-state index contributed by atoms with van der Waals surface area (Å²) in [5, 5.41) is 0. The molecule has 0 spiro atoms. The van der Waals surface area contributed by atoms with Gasteiger partial charge < -0.3 is 15.0 Å². The van der Waals surface area contributed by atoms with Gasteiger partial charge in [0.25, 0.3) is 0 Å². The molecule has 72 valence electrons. The molecule has 2 atom stereocenters. The fraction of sp³-hybridized carbons (Fsp3) is 0.667. The molecule has 1 aromatic rings. The molecule has 13 heavy (non-hydrogen) atoms. The minimum atomic E-state index is 0.246. The first-order valence-corrected chi connectivity index (χ1v) is 4.61. The summed E-state index contributed by atoms with van der Waals surface area (Å²) in [5.74, 6) is 0.597. The molecule has 2 heterocycles. The van der Waals surface area contributed by atoms with Crippen LogP contribution < -0.4 is 5.73 Å². The van der Waals surface area contributed by atoms with Gasteiger partial charge in [-0.2, -0.15) is 0 Å². The molecule has 4 nitrogen and oxygen atoms in total. The summed E-state index contributed by atoms with van der Waals surface area (Å²) >= 11 is 0. The van der Waals surface area contributed by atoms with Gasteiger partial charge in [-0.3, -0.25) is 0 Å². The van der Waals surface area contributed by atoms with Crippen LogP contribution in [0.25, 0.3) is 0 Å². The third-order valence-corrected chi connectivity index (χ3v) is 2.57. The summed E-state index contributed by atoms with van der Waals surface area (Å²) in [5.41, 5.74) is 6.75. The number of rotatable bonds is 1. The Kier molecular flexibility index (Phi) is 2.00. The SMILES string of the molecule is Cc1cn(C2CCOC2C)c(N)n1. The standard InChI is InChI=1S/C9H15N3O/c1-6-5-12(9(10)11-6)8-3-4-13-7(8)2/h5,7-8H,3-4H2,1-2H3,(H2,10,11). The number of hydrogen-bond acceptors (Lipinski definition) is 3. The van der Waals surface area contributed by atoms with E-state index in [1.807, 2.05) is 17.7 Å². The van der Waals surface area contributed by atoms with E-state index in [1.54, 1.807) is 0 Å². The van der Waals surface area contributed by atoms with E-state index in [9.17, 15) is 0 Å². The average molecular weight is 181 g/mol. The second-order valence-electron chi connectivity index (χ2n) is 3.58. The van der Waals surface area contributed by atoms with Crippen molar-refractivity contribution in [2.75, 3.05) is 12.3 Å². The van der Waals surface area contributed by atoms with Gasteiger partial charge in [-0.25, -0.2) is 4.98 Å². The number of nitrogens with zero attached hydrogens (tertiary/aromatic N) is 2. The summed E-state index contributed by atoms with van der Waals surface area (Å²) < 4.78 is 7.50. The Morgan fingerprint density at radius 1 is 1.69 bits per heavy atom. The van der Waals surface area contributed by atoms with Crippen LogP contribution in [-0.2, 0) is 4.74 Å². The highest BCUT2D eigenvalue weighted by molar-refractivity contribution is 5.23. The van der Waals surface area contributed by atoms with E-state index in [0.29, 0.717) is 12.0 Å². The van der Waals surface area contributed by atoms with Crippen LogP contribution in [0.15, 0.2) is 6.20 Å². The van der Waals surface area contributed by atoms with Crippen molar-refractivity contribution in [3.63, 3.8) is 0 Å². The summed E-state index contributed by atoms with van der Waals surface area (Å²) in [6.45, 7) is 4.85. The minimum absolute atomic E-state index is 0.246. The number of nitrogens with two attached hydrogens (primary N) is 1. The van der Waals surface area contributed by atoms with Gasteiger partial charge in [0.15, 0.2) is 0 Å². The molecule has 4 heteroatoms. The van der Waals surface area contributed by atoms with Crippen LogP contribution in [0.2, 0.25) is 0 Å². The second kappa shape index (κ2) is 3.03. The third-order valence-electron chi connectivity index (χ3n) is 2.57. The molecule has 0 radical (unpaired) electrons. The van der Waals surface area contributed by atoms with Crippen molar-refractivity contribution in [2.45, 2.75) is 32.4 Å². The largest absolute Gasteiger partial charge is 0.376 e. The van der Waals surface area contributed by atoms with E-state index < -0.39 is 0 Å². The summed E-state index contributed by atoms with van der Waals surface area (Å²) in [6.07, 6.45) is 3.27. The highest BCUT2D eigenvalue weighted by atomic mass is 16.5. The van der Waals surface area contributed by atoms with Crippen LogP contribution in [0.5, 0.6) is 0 Å². The van der Waals surface area contributed by atoms with Crippen LogP contribution in [0.4, 0.5) is 5.95 Å². The van der Waals surface area contributed by atoms with E-state index in [2.05, 4.69) is 11.9 Å². The zero-order valence-corrected chi connectivity index (χ0v) is 8.03. The van der Waals surface area contributed by atoms with Gasteiger partial charge in [-0.15, -0.1) is 0 Å². The van der Waals surface area contributed by atoms with Crippen LogP contribution in [0.3, 0.4) is 0 Å². The smallest absolute Gasteiger partial charge is 0.200 e. The van der Waals surface area contributed by atoms with Crippen molar-refractivity contribution in [3.8, 4) is 0 Å². The van der Waals surface area contributed by atoms with E-state index >= 15 is 0 Å². The zero-order chi connectivity index (χ0) is 9.42. The lowest BCUT2D eigenvalue weighted by Crippen LogP contribution is -2.17. The molecule has 2 unspecified atom stereocenters. The van der Waals surface area contributed by atoms with Crippen LogP contribution >= 0.6 is 0 Å². The predicted octanol–water partition coefficient (Wildman–Crippen LogP) is 1.12. The first-order valence-electron chi connectivity index (χ1n) is 4.61. The van der Waals surface area contributed by atoms with Gasteiger partial charge in [0.05, 0.1) is 17.8 Å². The molecular weight excluding hydrogens is 166 g/mol. The predicted molar refractivity (Wildman–Crippen MR) is 50.4 cm³/mol. The van der Waals surface area contributed by atoms with Gasteiger partial charge in [-0.05, 0) is 20.3 Å². The highest BCUT2D eigenvalue weighted by Crippen LogP contribution is 2.27. The van der Waals surface area contributed by atoms with Gasteiger partial charge in [0, 0.05) is 12.8 Å². The molecule has 0 amide bonds. The maximum atomic E-state index is 5.78. The van der Waals surface area contributed by atoms with Crippen LogP contribution in [0, 0.1) is 6.92 Å².